The van der Waals surface area contributed by atoms with Crippen LogP contribution in [0.1, 0.15) is 35.6 Å². The van der Waals surface area contributed by atoms with Crippen molar-refractivity contribution >= 4 is 46.9 Å². The molecule has 0 radical (unpaired) electrons. The van der Waals surface area contributed by atoms with Crippen molar-refractivity contribution in [2.45, 2.75) is 33.2 Å². The number of aryl methyl sites for hydroxylation is 1. The fourth-order valence-electron chi connectivity index (χ4n) is 3.47. The Morgan fingerprint density at radius 2 is 1.68 bits per heavy atom. The molecule has 8 nitrogen and oxygen atoms in total. The Hall–Kier alpha value is -2.84. The van der Waals surface area contributed by atoms with E-state index in [-0.39, 0.29) is 0 Å². The van der Waals surface area contributed by atoms with E-state index in [1.807, 2.05) is 11.5 Å². The first-order valence-electron chi connectivity index (χ1n) is 9.39. The summed E-state index contributed by atoms with van der Waals surface area (Å²) in [5, 5.41) is 3.39. The van der Waals surface area contributed by atoms with E-state index in [4.69, 9.17) is 27.9 Å². The summed E-state index contributed by atoms with van der Waals surface area (Å²) in [5.74, 6) is -1.81. The van der Waals surface area contributed by atoms with E-state index in [9.17, 15) is 19.2 Å². The summed E-state index contributed by atoms with van der Waals surface area (Å²) < 4.78 is 6.84. The number of halogens is 2. The zero-order valence-corrected chi connectivity index (χ0v) is 18.9. The Morgan fingerprint density at radius 3 is 2.23 bits per heavy atom. The molecule has 1 aliphatic heterocycles. The van der Waals surface area contributed by atoms with Gasteiger partial charge in [0.1, 0.15) is 12.1 Å². The molecule has 2 aromatic rings. The van der Waals surface area contributed by atoms with Gasteiger partial charge in [-0.1, -0.05) is 23.2 Å². The van der Waals surface area contributed by atoms with Crippen LogP contribution in [0.5, 0.6) is 0 Å². The van der Waals surface area contributed by atoms with Gasteiger partial charge < -0.3 is 14.6 Å². The number of Topliss-reactive ketones (excluding diaryl/α,β-unsaturated/α-hetero) is 1. The van der Waals surface area contributed by atoms with E-state index in [2.05, 4.69) is 5.32 Å². The van der Waals surface area contributed by atoms with E-state index in [1.54, 1.807) is 31.2 Å². The number of ether oxygens (including phenoxy) is 1. The number of carbonyl (C=O) groups excluding carboxylic acids is 4. The maximum absolute atomic E-state index is 12.7. The highest BCUT2D eigenvalue weighted by molar-refractivity contribution is 6.34. The summed E-state index contributed by atoms with van der Waals surface area (Å²) in [7, 11) is 0. The Kier molecular flexibility index (Phi) is 6.16. The molecular formula is C21H21Cl2N3O5. The number of nitrogens with one attached hydrogen (secondary N) is 1. The summed E-state index contributed by atoms with van der Waals surface area (Å²) in [6.45, 7) is 5.56. The molecule has 3 amide bonds. The Labute approximate surface area is 189 Å². The molecule has 0 unspecified atom stereocenters. The second-order valence-electron chi connectivity index (χ2n) is 7.78. The van der Waals surface area contributed by atoms with Crippen molar-refractivity contribution in [2.75, 3.05) is 13.2 Å². The number of ketones is 1. The number of imide groups is 1. The minimum absolute atomic E-state index is 0.373. The highest BCUT2D eigenvalue weighted by Gasteiger charge is 2.45. The first-order valence-corrected chi connectivity index (χ1v) is 10.1. The van der Waals surface area contributed by atoms with E-state index in [1.165, 1.54) is 13.8 Å². The number of aromatic nitrogens is 1. The fraction of sp³-hybridized carbons (Fsp3) is 0.333. The summed E-state index contributed by atoms with van der Waals surface area (Å²) in [6.07, 6.45) is 0. The van der Waals surface area contributed by atoms with E-state index >= 15 is 0 Å². The number of benzene rings is 1. The van der Waals surface area contributed by atoms with Crippen LogP contribution in [0.25, 0.3) is 5.69 Å². The summed E-state index contributed by atoms with van der Waals surface area (Å²) in [4.78, 5) is 49.5. The average molecular weight is 466 g/mol. The second kappa shape index (κ2) is 8.36. The van der Waals surface area contributed by atoms with Gasteiger partial charge in [-0.25, -0.2) is 4.79 Å². The molecule has 10 heteroatoms. The largest absolute Gasteiger partial charge is 0.456 e. The highest BCUT2D eigenvalue weighted by atomic mass is 35.5. The SMILES string of the molecule is Cc1cc(C(=O)COC(=O)CN2C(=O)NC(C)(C)C2=O)c(C)n1-c1cc(Cl)cc(Cl)c1. The molecule has 1 saturated heterocycles. The maximum Gasteiger partial charge on any atom is 0.326 e. The monoisotopic (exact) mass is 465 g/mol. The highest BCUT2D eigenvalue weighted by Crippen LogP contribution is 2.26. The van der Waals surface area contributed by atoms with Gasteiger partial charge in [-0.3, -0.25) is 19.3 Å². The molecule has 3 rings (SSSR count). The molecule has 1 N–H and O–H groups in total. The van der Waals surface area contributed by atoms with Crippen molar-refractivity contribution in [1.29, 1.82) is 0 Å². The lowest BCUT2D eigenvalue weighted by atomic mass is 10.1. The van der Waals surface area contributed by atoms with Crippen LogP contribution in [0.2, 0.25) is 10.0 Å². The van der Waals surface area contributed by atoms with Gasteiger partial charge >= 0.3 is 12.0 Å². The Balaban J connectivity index is 1.70. The lowest BCUT2D eigenvalue weighted by Crippen LogP contribution is -2.41. The molecule has 0 spiro atoms. The van der Waals surface area contributed by atoms with Crippen molar-refractivity contribution in [3.63, 3.8) is 0 Å². The maximum atomic E-state index is 12.7. The molecule has 164 valence electrons. The molecule has 1 aromatic carbocycles. The number of esters is 1. The predicted octanol–water partition coefficient (Wildman–Crippen LogP) is 3.46. The van der Waals surface area contributed by atoms with Crippen LogP contribution in [0.4, 0.5) is 4.79 Å². The van der Waals surface area contributed by atoms with Crippen molar-refractivity contribution in [3.05, 3.63) is 51.3 Å². The van der Waals surface area contributed by atoms with Crippen LogP contribution in [0, 0.1) is 13.8 Å². The lowest BCUT2D eigenvalue weighted by Gasteiger charge is -2.15. The van der Waals surface area contributed by atoms with Gasteiger partial charge in [0, 0.05) is 32.7 Å². The number of carbonyl (C=O) groups is 4. The van der Waals surface area contributed by atoms with Gasteiger partial charge in [0.2, 0.25) is 5.78 Å². The number of hydrogen-bond acceptors (Lipinski definition) is 5. The van der Waals surface area contributed by atoms with Crippen LogP contribution in [0.15, 0.2) is 24.3 Å². The molecule has 31 heavy (non-hydrogen) atoms. The topological polar surface area (TPSA) is 97.7 Å². The first kappa shape index (κ1) is 22.8. The third-order valence-electron chi connectivity index (χ3n) is 4.93. The molecule has 1 aliphatic rings. The van der Waals surface area contributed by atoms with E-state index in [0.717, 1.165) is 10.6 Å². The minimum Gasteiger partial charge on any atom is -0.456 e. The van der Waals surface area contributed by atoms with Gasteiger partial charge in [0.05, 0.1) is 0 Å². The van der Waals surface area contributed by atoms with Crippen LogP contribution in [-0.2, 0) is 14.3 Å². The van der Waals surface area contributed by atoms with Crippen molar-refractivity contribution < 1.29 is 23.9 Å². The Morgan fingerprint density at radius 1 is 1.06 bits per heavy atom. The number of rotatable bonds is 6. The molecule has 1 fully saturated rings. The normalized spacial score (nSPS) is 15.2. The van der Waals surface area contributed by atoms with Crippen LogP contribution < -0.4 is 5.32 Å². The zero-order chi connectivity index (χ0) is 23.1. The lowest BCUT2D eigenvalue weighted by molar-refractivity contribution is -0.146. The molecule has 0 bridgehead atoms. The average Bonchev–Trinajstić information content (AvgIpc) is 3.05. The Bertz CT molecular complexity index is 1090. The van der Waals surface area contributed by atoms with Gasteiger partial charge in [-0.05, 0) is 52.0 Å². The summed E-state index contributed by atoms with van der Waals surface area (Å²) in [5.41, 5.74) is 1.38. The van der Waals surface area contributed by atoms with Gasteiger partial charge in [-0.2, -0.15) is 0 Å². The fourth-order valence-corrected chi connectivity index (χ4v) is 3.99. The summed E-state index contributed by atoms with van der Waals surface area (Å²) >= 11 is 12.2. The molecular weight excluding hydrogens is 445 g/mol. The molecule has 0 saturated carbocycles. The molecule has 2 heterocycles. The van der Waals surface area contributed by atoms with E-state index < -0.39 is 42.4 Å². The molecule has 1 aromatic heterocycles. The minimum atomic E-state index is -1.09. The number of urea groups is 1. The standard InChI is InChI=1S/C21H21Cl2N3O5/c1-11-5-16(12(2)26(11)15-7-13(22)6-14(23)8-15)17(27)10-31-18(28)9-25-19(29)21(3,4)24-20(25)30/h5-8H,9-10H2,1-4H3,(H,24,30). The predicted molar refractivity (Wildman–Crippen MR) is 115 cm³/mol. The van der Waals surface area contributed by atoms with Gasteiger partial charge in [-0.15, -0.1) is 0 Å². The van der Waals surface area contributed by atoms with E-state index in [0.29, 0.717) is 27.0 Å². The van der Waals surface area contributed by atoms with Crippen LogP contribution >= 0.6 is 23.2 Å². The van der Waals surface area contributed by atoms with Crippen LogP contribution in [-0.4, -0.2) is 51.8 Å². The molecule has 0 aliphatic carbocycles. The van der Waals surface area contributed by atoms with Crippen molar-refractivity contribution in [3.8, 4) is 5.69 Å². The number of nitrogens with zero attached hydrogens (tertiary/aromatic N) is 2. The third kappa shape index (κ3) is 4.60. The third-order valence-corrected chi connectivity index (χ3v) is 5.37. The van der Waals surface area contributed by atoms with Crippen LogP contribution in [0.3, 0.4) is 0 Å². The van der Waals surface area contributed by atoms with Gasteiger partial charge in [0.15, 0.2) is 6.61 Å². The van der Waals surface area contributed by atoms with Crippen molar-refractivity contribution in [2.24, 2.45) is 0 Å². The smallest absolute Gasteiger partial charge is 0.326 e. The number of hydrogen-bond donors (Lipinski definition) is 1. The number of amides is 3. The van der Waals surface area contributed by atoms with Crippen molar-refractivity contribution in [1.82, 2.24) is 14.8 Å². The second-order valence-corrected chi connectivity index (χ2v) is 8.65. The summed E-state index contributed by atoms with van der Waals surface area (Å²) in [6, 6.07) is 6.06. The van der Waals surface area contributed by atoms with Gasteiger partial charge in [0.25, 0.3) is 5.91 Å². The first-order chi connectivity index (χ1) is 14.4. The zero-order valence-electron chi connectivity index (χ0n) is 17.4. The molecule has 0 atom stereocenters. The quantitative estimate of drug-likeness (QED) is 0.400.